The van der Waals surface area contributed by atoms with Crippen LogP contribution in [0.3, 0.4) is 0 Å². The minimum absolute atomic E-state index is 0.309. The molecule has 0 bridgehead atoms. The number of nitrogens with one attached hydrogen (secondary N) is 2. The van der Waals surface area contributed by atoms with Crippen LogP contribution in [0.1, 0.15) is 45.6 Å². The molecule has 0 saturated heterocycles. The van der Waals surface area contributed by atoms with E-state index in [0.717, 1.165) is 31.0 Å². The van der Waals surface area contributed by atoms with Gasteiger partial charge in [0.1, 0.15) is 11.4 Å². The van der Waals surface area contributed by atoms with Gasteiger partial charge in [-0.05, 0) is 25.8 Å². The Hall–Kier alpha value is -0.870. The fourth-order valence-electron chi connectivity index (χ4n) is 1.62. The standard InChI is InChI=1S/C13H25N3O/c1-6-13(4,17-5)12-15-9-11(16-12)8-14-7-10(2)3/h9-10,14H,6-8H2,1-5H3,(H,15,16). The van der Waals surface area contributed by atoms with Crippen LogP contribution in [0.25, 0.3) is 0 Å². The Labute approximate surface area is 104 Å². The van der Waals surface area contributed by atoms with E-state index in [4.69, 9.17) is 4.74 Å². The third-order valence-electron chi connectivity index (χ3n) is 3.12. The van der Waals surface area contributed by atoms with Crippen molar-refractivity contribution in [1.82, 2.24) is 15.3 Å². The zero-order valence-corrected chi connectivity index (χ0v) is 11.6. The first-order valence-electron chi connectivity index (χ1n) is 6.32. The summed E-state index contributed by atoms with van der Waals surface area (Å²) in [6.45, 7) is 10.4. The quantitative estimate of drug-likeness (QED) is 0.768. The van der Waals surface area contributed by atoms with E-state index in [9.17, 15) is 0 Å². The first-order valence-corrected chi connectivity index (χ1v) is 6.32. The smallest absolute Gasteiger partial charge is 0.138 e. The topological polar surface area (TPSA) is 49.9 Å². The molecule has 0 saturated carbocycles. The summed E-state index contributed by atoms with van der Waals surface area (Å²) in [5, 5.41) is 3.39. The Kier molecular flexibility index (Phi) is 5.15. The summed E-state index contributed by atoms with van der Waals surface area (Å²) < 4.78 is 5.51. The van der Waals surface area contributed by atoms with Crippen molar-refractivity contribution in [1.29, 1.82) is 0 Å². The van der Waals surface area contributed by atoms with Gasteiger partial charge in [0.2, 0.25) is 0 Å². The Morgan fingerprint density at radius 3 is 2.76 bits per heavy atom. The van der Waals surface area contributed by atoms with Crippen LogP contribution >= 0.6 is 0 Å². The second kappa shape index (κ2) is 6.17. The summed E-state index contributed by atoms with van der Waals surface area (Å²) in [6.07, 6.45) is 2.78. The predicted molar refractivity (Wildman–Crippen MR) is 69.8 cm³/mol. The van der Waals surface area contributed by atoms with E-state index in [0.29, 0.717) is 5.92 Å². The van der Waals surface area contributed by atoms with E-state index in [1.807, 2.05) is 6.20 Å². The van der Waals surface area contributed by atoms with E-state index < -0.39 is 0 Å². The van der Waals surface area contributed by atoms with Gasteiger partial charge in [0.05, 0.1) is 0 Å². The van der Waals surface area contributed by atoms with Crippen molar-refractivity contribution in [2.75, 3.05) is 13.7 Å². The van der Waals surface area contributed by atoms with Gasteiger partial charge < -0.3 is 15.0 Å². The third-order valence-corrected chi connectivity index (χ3v) is 3.12. The fraction of sp³-hybridized carbons (Fsp3) is 0.769. The normalized spacial score (nSPS) is 15.2. The second-order valence-corrected chi connectivity index (χ2v) is 5.07. The average molecular weight is 239 g/mol. The molecule has 0 spiro atoms. The van der Waals surface area contributed by atoms with Gasteiger partial charge in [-0.1, -0.05) is 20.8 Å². The lowest BCUT2D eigenvalue weighted by atomic mass is 10.0. The number of aromatic amines is 1. The van der Waals surface area contributed by atoms with Crippen molar-refractivity contribution < 1.29 is 4.74 Å². The van der Waals surface area contributed by atoms with Crippen LogP contribution in [-0.4, -0.2) is 23.6 Å². The van der Waals surface area contributed by atoms with Crippen LogP contribution in [0.15, 0.2) is 6.20 Å². The van der Waals surface area contributed by atoms with E-state index in [-0.39, 0.29) is 5.60 Å². The largest absolute Gasteiger partial charge is 0.371 e. The van der Waals surface area contributed by atoms with E-state index >= 15 is 0 Å². The molecule has 98 valence electrons. The molecule has 0 fully saturated rings. The molecule has 0 radical (unpaired) electrons. The third kappa shape index (κ3) is 3.82. The molecule has 2 N–H and O–H groups in total. The molecule has 1 atom stereocenters. The molecule has 0 aromatic carbocycles. The summed E-state index contributed by atoms with van der Waals surface area (Å²) >= 11 is 0. The molecule has 0 amide bonds. The van der Waals surface area contributed by atoms with Crippen LogP contribution in [0, 0.1) is 5.92 Å². The zero-order valence-electron chi connectivity index (χ0n) is 11.6. The van der Waals surface area contributed by atoms with E-state index in [1.165, 1.54) is 0 Å². The van der Waals surface area contributed by atoms with E-state index in [2.05, 4.69) is 43.0 Å². The maximum absolute atomic E-state index is 5.51. The Morgan fingerprint density at radius 1 is 1.53 bits per heavy atom. The highest BCUT2D eigenvalue weighted by Gasteiger charge is 2.27. The molecule has 0 aliphatic heterocycles. The molecule has 1 unspecified atom stereocenters. The number of aromatic nitrogens is 2. The summed E-state index contributed by atoms with van der Waals surface area (Å²) in [7, 11) is 1.72. The lowest BCUT2D eigenvalue weighted by molar-refractivity contribution is -0.00837. The van der Waals surface area contributed by atoms with Crippen molar-refractivity contribution >= 4 is 0 Å². The molecule has 1 heterocycles. The van der Waals surface area contributed by atoms with Crippen LogP contribution in [0.4, 0.5) is 0 Å². The van der Waals surface area contributed by atoms with Crippen molar-refractivity contribution in [3.63, 3.8) is 0 Å². The Bertz CT molecular complexity index is 329. The number of rotatable bonds is 7. The summed E-state index contributed by atoms with van der Waals surface area (Å²) in [5.74, 6) is 1.57. The average Bonchev–Trinajstić information content (AvgIpc) is 2.77. The van der Waals surface area contributed by atoms with Gasteiger partial charge in [0.25, 0.3) is 0 Å². The van der Waals surface area contributed by atoms with Gasteiger partial charge in [-0.15, -0.1) is 0 Å². The molecule has 0 aliphatic carbocycles. The summed E-state index contributed by atoms with van der Waals surface area (Å²) in [6, 6.07) is 0. The number of hydrogen-bond donors (Lipinski definition) is 2. The van der Waals surface area contributed by atoms with Gasteiger partial charge in [0.15, 0.2) is 0 Å². The number of methoxy groups -OCH3 is 1. The number of H-pyrrole nitrogens is 1. The molecular weight excluding hydrogens is 214 g/mol. The summed E-state index contributed by atoms with van der Waals surface area (Å²) in [4.78, 5) is 7.74. The van der Waals surface area contributed by atoms with Gasteiger partial charge >= 0.3 is 0 Å². The highest BCUT2D eigenvalue weighted by Crippen LogP contribution is 2.25. The lowest BCUT2D eigenvalue weighted by Crippen LogP contribution is -2.25. The molecule has 4 nitrogen and oxygen atoms in total. The first kappa shape index (κ1) is 14.2. The molecule has 4 heteroatoms. The molecule has 0 aliphatic rings. The van der Waals surface area contributed by atoms with Crippen LogP contribution in [0.5, 0.6) is 0 Å². The second-order valence-electron chi connectivity index (χ2n) is 5.07. The number of ether oxygens (including phenoxy) is 1. The van der Waals surface area contributed by atoms with Gasteiger partial charge in [-0.3, -0.25) is 0 Å². The predicted octanol–water partition coefficient (Wildman–Crippen LogP) is 2.43. The van der Waals surface area contributed by atoms with Crippen molar-refractivity contribution in [2.45, 2.75) is 46.3 Å². The van der Waals surface area contributed by atoms with Crippen LogP contribution < -0.4 is 5.32 Å². The highest BCUT2D eigenvalue weighted by molar-refractivity contribution is 5.07. The molecule has 1 aromatic rings. The fourth-order valence-corrected chi connectivity index (χ4v) is 1.62. The van der Waals surface area contributed by atoms with Gasteiger partial charge in [-0.2, -0.15) is 0 Å². The first-order chi connectivity index (χ1) is 8.01. The summed E-state index contributed by atoms with van der Waals surface area (Å²) in [5.41, 5.74) is 0.799. The number of hydrogen-bond acceptors (Lipinski definition) is 3. The van der Waals surface area contributed by atoms with Crippen LogP contribution in [-0.2, 0) is 16.9 Å². The van der Waals surface area contributed by atoms with Crippen molar-refractivity contribution in [2.24, 2.45) is 5.92 Å². The molecule has 1 aromatic heterocycles. The molecule has 1 rings (SSSR count). The minimum Gasteiger partial charge on any atom is -0.371 e. The zero-order chi connectivity index (χ0) is 12.9. The number of imidazole rings is 1. The SMILES string of the molecule is CCC(C)(OC)c1ncc(CNCC(C)C)[nH]1. The Morgan fingerprint density at radius 2 is 2.24 bits per heavy atom. The molecular formula is C13H25N3O. The maximum Gasteiger partial charge on any atom is 0.138 e. The Balaban J connectivity index is 2.59. The van der Waals surface area contributed by atoms with Gasteiger partial charge in [-0.25, -0.2) is 4.98 Å². The van der Waals surface area contributed by atoms with Gasteiger partial charge in [0, 0.05) is 25.5 Å². The highest BCUT2D eigenvalue weighted by atomic mass is 16.5. The minimum atomic E-state index is -0.309. The van der Waals surface area contributed by atoms with Crippen molar-refractivity contribution in [3.8, 4) is 0 Å². The van der Waals surface area contributed by atoms with Crippen molar-refractivity contribution in [3.05, 3.63) is 17.7 Å². The van der Waals surface area contributed by atoms with Crippen LogP contribution in [0.2, 0.25) is 0 Å². The lowest BCUT2D eigenvalue weighted by Gasteiger charge is -2.23. The van der Waals surface area contributed by atoms with E-state index in [1.54, 1.807) is 7.11 Å². The number of nitrogens with zero attached hydrogens (tertiary/aromatic N) is 1. The maximum atomic E-state index is 5.51. The monoisotopic (exact) mass is 239 g/mol. The molecule has 17 heavy (non-hydrogen) atoms.